The molecule has 1 unspecified atom stereocenters. The fourth-order valence-corrected chi connectivity index (χ4v) is 3.37. The lowest BCUT2D eigenvalue weighted by Gasteiger charge is -2.10. The lowest BCUT2D eigenvalue weighted by atomic mass is 10.1. The van der Waals surface area contributed by atoms with Crippen molar-refractivity contribution in [3.8, 4) is 0 Å². The standard InChI is InChI=1S/C23H20N4O4/c28-20(12-11-19-23(31)26-17-5-2-1-4-16(17)25-19)14-7-9-15(10-8-14)21(29)27-22(30)18-6-3-13-24-18/h1-2,4-5,7-12,18,24H,3,6,13H2,(H,26,31)(H,27,29,30). The van der Waals surface area contributed by atoms with Gasteiger partial charge in [-0.05, 0) is 55.8 Å². The Morgan fingerprint density at radius 1 is 1.03 bits per heavy atom. The molecule has 2 heterocycles. The number of nitrogens with zero attached hydrogens (tertiary/aromatic N) is 1. The number of aromatic amines is 1. The minimum absolute atomic E-state index is 0.127. The van der Waals surface area contributed by atoms with Crippen molar-refractivity contribution >= 4 is 34.7 Å². The molecule has 8 heteroatoms. The average molecular weight is 416 g/mol. The van der Waals surface area contributed by atoms with Gasteiger partial charge in [-0.1, -0.05) is 24.3 Å². The van der Waals surface area contributed by atoms with Gasteiger partial charge in [0.2, 0.25) is 5.91 Å². The van der Waals surface area contributed by atoms with E-state index in [0.29, 0.717) is 23.0 Å². The first-order valence-electron chi connectivity index (χ1n) is 9.91. The number of hydrogen-bond acceptors (Lipinski definition) is 6. The SMILES string of the molecule is O=C(C=Cc1nc2ccccc2[nH]c1=O)c1ccc(C(=O)NC(=O)C2CCCN2)cc1. The van der Waals surface area contributed by atoms with Crippen LogP contribution < -0.4 is 16.2 Å². The van der Waals surface area contributed by atoms with Gasteiger partial charge in [-0.15, -0.1) is 0 Å². The number of carbonyl (C=O) groups is 3. The molecule has 156 valence electrons. The number of H-pyrrole nitrogens is 1. The van der Waals surface area contributed by atoms with Gasteiger partial charge in [-0.2, -0.15) is 0 Å². The molecular formula is C23H20N4O4. The molecule has 1 aliphatic rings. The van der Waals surface area contributed by atoms with Gasteiger partial charge in [-0.3, -0.25) is 24.5 Å². The van der Waals surface area contributed by atoms with Gasteiger partial charge < -0.3 is 10.3 Å². The Bertz CT molecular complexity index is 1240. The highest BCUT2D eigenvalue weighted by Gasteiger charge is 2.23. The van der Waals surface area contributed by atoms with Gasteiger partial charge in [0.15, 0.2) is 5.78 Å². The van der Waals surface area contributed by atoms with Gasteiger partial charge in [0, 0.05) is 11.1 Å². The molecule has 1 aliphatic heterocycles. The van der Waals surface area contributed by atoms with Crippen LogP contribution in [0, 0.1) is 0 Å². The topological polar surface area (TPSA) is 121 Å². The zero-order valence-corrected chi connectivity index (χ0v) is 16.6. The minimum atomic E-state index is -0.514. The smallest absolute Gasteiger partial charge is 0.274 e. The molecule has 0 bridgehead atoms. The first-order valence-corrected chi connectivity index (χ1v) is 9.91. The Kier molecular flexibility index (Phi) is 5.81. The number of rotatable bonds is 5. The summed E-state index contributed by atoms with van der Waals surface area (Å²) in [6.07, 6.45) is 4.23. The largest absolute Gasteiger partial charge is 0.319 e. The zero-order chi connectivity index (χ0) is 21.8. The first kappa shape index (κ1) is 20.4. The van der Waals surface area contributed by atoms with E-state index in [-0.39, 0.29) is 29.0 Å². The van der Waals surface area contributed by atoms with Crippen molar-refractivity contribution in [3.63, 3.8) is 0 Å². The second-order valence-electron chi connectivity index (χ2n) is 7.21. The van der Waals surface area contributed by atoms with Crippen molar-refractivity contribution in [1.82, 2.24) is 20.6 Å². The van der Waals surface area contributed by atoms with Crippen molar-refractivity contribution in [3.05, 3.63) is 81.8 Å². The van der Waals surface area contributed by atoms with Crippen molar-refractivity contribution in [1.29, 1.82) is 0 Å². The van der Waals surface area contributed by atoms with Crippen LogP contribution in [-0.2, 0) is 4.79 Å². The summed E-state index contributed by atoms with van der Waals surface area (Å²) >= 11 is 0. The third-order valence-corrected chi connectivity index (χ3v) is 5.06. The van der Waals surface area contributed by atoms with Gasteiger partial charge in [0.25, 0.3) is 11.5 Å². The molecule has 1 aromatic heterocycles. The number of hydrogen-bond donors (Lipinski definition) is 3. The third kappa shape index (κ3) is 4.65. The van der Waals surface area contributed by atoms with E-state index < -0.39 is 11.5 Å². The monoisotopic (exact) mass is 416 g/mol. The summed E-state index contributed by atoms with van der Waals surface area (Å²) in [5, 5.41) is 5.40. The van der Waals surface area contributed by atoms with E-state index in [1.54, 1.807) is 18.2 Å². The highest BCUT2D eigenvalue weighted by molar-refractivity contribution is 6.09. The number of aromatic nitrogens is 2. The summed E-state index contributed by atoms with van der Waals surface area (Å²) in [4.78, 5) is 55.8. The zero-order valence-electron chi connectivity index (χ0n) is 16.6. The molecule has 2 amide bonds. The number of carbonyl (C=O) groups excluding carboxylic acids is 3. The minimum Gasteiger partial charge on any atom is -0.319 e. The van der Waals surface area contributed by atoms with E-state index in [2.05, 4.69) is 20.6 Å². The molecule has 0 saturated carbocycles. The van der Waals surface area contributed by atoms with E-state index in [1.165, 1.54) is 36.4 Å². The normalized spacial score (nSPS) is 15.9. The summed E-state index contributed by atoms with van der Waals surface area (Å²) in [7, 11) is 0. The number of allylic oxidation sites excluding steroid dienone is 1. The highest BCUT2D eigenvalue weighted by Crippen LogP contribution is 2.10. The Hall–Kier alpha value is -3.91. The average Bonchev–Trinajstić information content (AvgIpc) is 3.33. The van der Waals surface area contributed by atoms with Gasteiger partial charge in [0.05, 0.1) is 17.1 Å². The number of ketones is 1. The van der Waals surface area contributed by atoms with Crippen LogP contribution in [0.3, 0.4) is 0 Å². The van der Waals surface area contributed by atoms with Crippen LogP contribution in [0.5, 0.6) is 0 Å². The van der Waals surface area contributed by atoms with Gasteiger partial charge >= 0.3 is 0 Å². The molecular weight excluding hydrogens is 396 g/mol. The summed E-state index contributed by atoms with van der Waals surface area (Å²) in [5.41, 5.74) is 1.59. The van der Waals surface area contributed by atoms with Crippen LogP contribution in [0.4, 0.5) is 0 Å². The number of nitrogens with one attached hydrogen (secondary N) is 3. The van der Waals surface area contributed by atoms with Gasteiger partial charge in [0.1, 0.15) is 5.69 Å². The van der Waals surface area contributed by atoms with Crippen LogP contribution in [0.1, 0.15) is 39.3 Å². The number of amides is 2. The third-order valence-electron chi connectivity index (χ3n) is 5.06. The molecule has 3 aromatic rings. The van der Waals surface area contributed by atoms with E-state index in [1.807, 2.05) is 6.07 Å². The van der Waals surface area contributed by atoms with Crippen molar-refractivity contribution < 1.29 is 14.4 Å². The second-order valence-corrected chi connectivity index (χ2v) is 7.21. The number of benzene rings is 2. The number of fused-ring (bicyclic) bond motifs is 1. The molecule has 1 atom stereocenters. The summed E-state index contributed by atoms with van der Waals surface area (Å²) < 4.78 is 0. The lowest BCUT2D eigenvalue weighted by Crippen LogP contribution is -2.43. The molecule has 0 aliphatic carbocycles. The Balaban J connectivity index is 1.43. The fourth-order valence-electron chi connectivity index (χ4n) is 3.37. The highest BCUT2D eigenvalue weighted by atomic mass is 16.2. The second kappa shape index (κ2) is 8.85. The van der Waals surface area contributed by atoms with E-state index in [0.717, 1.165) is 13.0 Å². The summed E-state index contributed by atoms with van der Waals surface area (Å²) in [6.45, 7) is 0.761. The molecule has 8 nitrogen and oxygen atoms in total. The van der Waals surface area contributed by atoms with Crippen molar-refractivity contribution in [2.75, 3.05) is 6.54 Å². The maximum Gasteiger partial charge on any atom is 0.274 e. The van der Waals surface area contributed by atoms with Crippen LogP contribution in [0.15, 0.2) is 59.4 Å². The maximum absolute atomic E-state index is 12.4. The quantitative estimate of drug-likeness (QED) is 0.331. The van der Waals surface area contributed by atoms with Crippen LogP contribution in [0.2, 0.25) is 0 Å². The molecule has 0 spiro atoms. The van der Waals surface area contributed by atoms with Crippen LogP contribution in [-0.4, -0.2) is 40.2 Å². The number of para-hydroxylation sites is 2. The molecule has 1 fully saturated rings. The first-order chi connectivity index (χ1) is 15.0. The van der Waals surface area contributed by atoms with E-state index >= 15 is 0 Å². The Morgan fingerprint density at radius 3 is 2.52 bits per heavy atom. The molecule has 4 rings (SSSR count). The maximum atomic E-state index is 12.4. The predicted octanol–water partition coefficient (Wildman–Crippen LogP) is 1.83. The van der Waals surface area contributed by atoms with Crippen molar-refractivity contribution in [2.24, 2.45) is 0 Å². The Morgan fingerprint density at radius 2 is 1.77 bits per heavy atom. The predicted molar refractivity (Wildman–Crippen MR) is 116 cm³/mol. The lowest BCUT2D eigenvalue weighted by molar-refractivity contribution is -0.121. The summed E-state index contributed by atoms with van der Waals surface area (Å²) in [5.74, 6) is -1.20. The van der Waals surface area contributed by atoms with Gasteiger partial charge in [-0.25, -0.2) is 4.98 Å². The molecule has 2 aromatic carbocycles. The van der Waals surface area contributed by atoms with E-state index in [4.69, 9.17) is 0 Å². The van der Waals surface area contributed by atoms with Crippen molar-refractivity contribution in [2.45, 2.75) is 18.9 Å². The summed E-state index contributed by atoms with van der Waals surface area (Å²) in [6, 6.07) is 12.7. The van der Waals surface area contributed by atoms with Crippen LogP contribution in [0.25, 0.3) is 17.1 Å². The molecule has 31 heavy (non-hydrogen) atoms. The Labute approximate surface area is 177 Å². The molecule has 3 N–H and O–H groups in total. The van der Waals surface area contributed by atoms with Crippen LogP contribution >= 0.6 is 0 Å². The fraction of sp³-hybridized carbons (Fsp3) is 0.174. The number of imide groups is 1. The van der Waals surface area contributed by atoms with E-state index in [9.17, 15) is 19.2 Å². The molecule has 1 saturated heterocycles. The molecule has 0 radical (unpaired) electrons.